The topological polar surface area (TPSA) is 96.9 Å². The molecule has 136 valence electrons. The molecule has 1 aromatic rings. The van der Waals surface area contributed by atoms with Gasteiger partial charge in [0, 0.05) is 5.70 Å². The van der Waals surface area contributed by atoms with Crippen LogP contribution in [0.4, 0.5) is 4.79 Å². The number of esters is 1. The van der Waals surface area contributed by atoms with Crippen molar-refractivity contribution in [3.8, 4) is 11.5 Å². The maximum atomic E-state index is 12.6. The van der Waals surface area contributed by atoms with Gasteiger partial charge in [0.2, 0.25) is 0 Å². The normalized spacial score (nSPS) is 17.6. The van der Waals surface area contributed by atoms with Crippen molar-refractivity contribution in [1.29, 1.82) is 0 Å². The van der Waals surface area contributed by atoms with Crippen molar-refractivity contribution in [3.05, 3.63) is 35.0 Å². The summed E-state index contributed by atoms with van der Waals surface area (Å²) in [5.74, 6) is -0.243. The van der Waals surface area contributed by atoms with Gasteiger partial charge in [0.25, 0.3) is 0 Å². The zero-order chi connectivity index (χ0) is 18.8. The summed E-state index contributed by atoms with van der Waals surface area (Å²) < 4.78 is 10.9. The lowest BCUT2D eigenvalue weighted by Gasteiger charge is -2.30. The highest BCUT2D eigenvalue weighted by Crippen LogP contribution is 2.34. The fourth-order valence-corrected chi connectivity index (χ4v) is 2.53. The van der Waals surface area contributed by atoms with E-state index in [1.165, 1.54) is 6.07 Å². The van der Waals surface area contributed by atoms with Gasteiger partial charge in [-0.1, -0.05) is 6.07 Å². The SMILES string of the molecule is CCOc1cc([C@@H]2NC(=O)NC(C)=C2C(=O)OC(C)(C)C)ccc1O. The molecule has 1 aliphatic rings. The minimum atomic E-state index is -0.705. The summed E-state index contributed by atoms with van der Waals surface area (Å²) in [6.07, 6.45) is 0. The first-order valence-electron chi connectivity index (χ1n) is 8.09. The van der Waals surface area contributed by atoms with Crippen LogP contribution in [0.5, 0.6) is 11.5 Å². The second-order valence-electron chi connectivity index (χ2n) is 6.73. The highest BCUT2D eigenvalue weighted by molar-refractivity contribution is 5.95. The standard InChI is InChI=1S/C18H24N2O5/c1-6-24-13-9-11(7-8-12(13)21)15-14(10(2)19-17(23)20-15)16(22)25-18(3,4)5/h7-9,15,21H,6H2,1-5H3,(H2,19,20,23)/t15-/m0/s1. The first-order valence-corrected chi connectivity index (χ1v) is 8.09. The van der Waals surface area contributed by atoms with E-state index in [1.807, 2.05) is 0 Å². The molecular weight excluding hydrogens is 324 g/mol. The summed E-state index contributed by atoms with van der Waals surface area (Å²) in [5, 5.41) is 15.2. The van der Waals surface area contributed by atoms with Crippen LogP contribution in [0.1, 0.15) is 46.2 Å². The van der Waals surface area contributed by atoms with Gasteiger partial charge in [0.1, 0.15) is 5.60 Å². The summed E-state index contributed by atoms with van der Waals surface area (Å²) in [4.78, 5) is 24.5. The van der Waals surface area contributed by atoms with Crippen LogP contribution in [0.3, 0.4) is 0 Å². The highest BCUT2D eigenvalue weighted by Gasteiger charge is 2.34. The maximum absolute atomic E-state index is 12.6. The molecule has 0 saturated carbocycles. The van der Waals surface area contributed by atoms with Crippen molar-refractivity contribution in [3.63, 3.8) is 0 Å². The summed E-state index contributed by atoms with van der Waals surface area (Å²) >= 11 is 0. The van der Waals surface area contributed by atoms with Crippen LogP contribution in [0.25, 0.3) is 0 Å². The summed E-state index contributed by atoms with van der Waals surface area (Å²) in [6.45, 7) is 9.15. The van der Waals surface area contributed by atoms with Crippen LogP contribution in [0, 0.1) is 0 Å². The number of aromatic hydroxyl groups is 1. The van der Waals surface area contributed by atoms with E-state index < -0.39 is 23.6 Å². The van der Waals surface area contributed by atoms with Crippen molar-refractivity contribution in [2.24, 2.45) is 0 Å². The molecule has 0 saturated heterocycles. The Morgan fingerprint density at radius 3 is 2.60 bits per heavy atom. The molecule has 1 aliphatic heterocycles. The van der Waals surface area contributed by atoms with E-state index in [1.54, 1.807) is 46.8 Å². The van der Waals surface area contributed by atoms with Crippen LogP contribution in [-0.4, -0.2) is 29.3 Å². The Bertz CT molecular complexity index is 719. The highest BCUT2D eigenvalue weighted by atomic mass is 16.6. The number of ether oxygens (including phenoxy) is 2. The van der Waals surface area contributed by atoms with E-state index in [-0.39, 0.29) is 11.5 Å². The van der Waals surface area contributed by atoms with Gasteiger partial charge in [-0.3, -0.25) is 0 Å². The Labute approximate surface area is 147 Å². The van der Waals surface area contributed by atoms with Crippen molar-refractivity contribution in [1.82, 2.24) is 10.6 Å². The summed E-state index contributed by atoms with van der Waals surface area (Å²) in [7, 11) is 0. The number of amides is 2. The van der Waals surface area contributed by atoms with Crippen LogP contribution in [0.15, 0.2) is 29.5 Å². The van der Waals surface area contributed by atoms with Crippen LogP contribution >= 0.6 is 0 Å². The number of carbonyl (C=O) groups excluding carboxylic acids is 2. The first-order chi connectivity index (χ1) is 11.6. The predicted molar refractivity (Wildman–Crippen MR) is 92.2 cm³/mol. The average molecular weight is 348 g/mol. The lowest BCUT2D eigenvalue weighted by Crippen LogP contribution is -2.46. The largest absolute Gasteiger partial charge is 0.504 e. The van der Waals surface area contributed by atoms with Gasteiger partial charge in [-0.25, -0.2) is 9.59 Å². The van der Waals surface area contributed by atoms with E-state index in [9.17, 15) is 14.7 Å². The Morgan fingerprint density at radius 1 is 1.32 bits per heavy atom. The van der Waals surface area contributed by atoms with Crippen molar-refractivity contribution in [2.45, 2.75) is 46.3 Å². The lowest BCUT2D eigenvalue weighted by molar-refractivity contribution is -0.150. The average Bonchev–Trinajstić information content (AvgIpc) is 2.47. The lowest BCUT2D eigenvalue weighted by atomic mass is 9.95. The molecule has 1 aromatic carbocycles. The minimum absolute atomic E-state index is 0.00891. The zero-order valence-electron chi connectivity index (χ0n) is 15.1. The number of nitrogens with one attached hydrogen (secondary N) is 2. The van der Waals surface area contributed by atoms with Gasteiger partial charge in [0.15, 0.2) is 11.5 Å². The molecule has 7 nitrogen and oxygen atoms in total. The smallest absolute Gasteiger partial charge is 0.338 e. The molecular formula is C18H24N2O5. The third kappa shape index (κ3) is 4.43. The molecule has 1 heterocycles. The number of rotatable bonds is 4. The molecule has 2 amide bonds. The third-order valence-electron chi connectivity index (χ3n) is 3.50. The van der Waals surface area contributed by atoms with Crippen LogP contribution in [0.2, 0.25) is 0 Å². The van der Waals surface area contributed by atoms with E-state index in [0.29, 0.717) is 23.4 Å². The second-order valence-corrected chi connectivity index (χ2v) is 6.73. The fourth-order valence-electron chi connectivity index (χ4n) is 2.53. The molecule has 0 spiro atoms. The van der Waals surface area contributed by atoms with Gasteiger partial charge >= 0.3 is 12.0 Å². The van der Waals surface area contributed by atoms with E-state index in [4.69, 9.17) is 9.47 Å². The zero-order valence-corrected chi connectivity index (χ0v) is 15.1. The Hall–Kier alpha value is -2.70. The number of hydrogen-bond acceptors (Lipinski definition) is 5. The molecule has 3 N–H and O–H groups in total. The van der Waals surface area contributed by atoms with Gasteiger partial charge < -0.3 is 25.2 Å². The molecule has 0 aliphatic carbocycles. The number of phenolic OH excluding ortho intramolecular Hbond substituents is 1. The molecule has 7 heteroatoms. The fraction of sp³-hybridized carbons (Fsp3) is 0.444. The van der Waals surface area contributed by atoms with Crippen molar-refractivity contribution in [2.75, 3.05) is 6.61 Å². The van der Waals surface area contributed by atoms with Gasteiger partial charge in [-0.05, 0) is 52.3 Å². The minimum Gasteiger partial charge on any atom is -0.504 e. The molecule has 0 bridgehead atoms. The van der Waals surface area contributed by atoms with Crippen LogP contribution < -0.4 is 15.4 Å². The number of carbonyl (C=O) groups is 2. The van der Waals surface area contributed by atoms with E-state index >= 15 is 0 Å². The van der Waals surface area contributed by atoms with Gasteiger partial charge in [0.05, 0.1) is 18.2 Å². The Balaban J connectivity index is 2.46. The monoisotopic (exact) mass is 348 g/mol. The second kappa shape index (κ2) is 7.04. The van der Waals surface area contributed by atoms with Crippen molar-refractivity contribution >= 4 is 12.0 Å². The Morgan fingerprint density at radius 2 is 2.00 bits per heavy atom. The molecule has 2 rings (SSSR count). The quantitative estimate of drug-likeness (QED) is 0.727. The number of urea groups is 1. The number of allylic oxidation sites excluding steroid dienone is 1. The predicted octanol–water partition coefficient (Wildman–Crippen LogP) is 2.76. The summed E-state index contributed by atoms with van der Waals surface area (Å²) in [6, 6.07) is 3.58. The molecule has 0 radical (unpaired) electrons. The maximum Gasteiger partial charge on any atom is 0.338 e. The molecule has 0 fully saturated rings. The summed E-state index contributed by atoms with van der Waals surface area (Å²) in [5.41, 5.74) is 0.676. The first kappa shape index (κ1) is 18.6. The van der Waals surface area contributed by atoms with Gasteiger partial charge in [-0.15, -0.1) is 0 Å². The number of phenols is 1. The van der Waals surface area contributed by atoms with Gasteiger partial charge in [-0.2, -0.15) is 0 Å². The van der Waals surface area contributed by atoms with E-state index in [2.05, 4.69) is 10.6 Å². The molecule has 1 atom stereocenters. The van der Waals surface area contributed by atoms with Crippen LogP contribution in [-0.2, 0) is 9.53 Å². The van der Waals surface area contributed by atoms with E-state index in [0.717, 1.165) is 0 Å². The Kier molecular flexibility index (Phi) is 5.25. The molecule has 0 aromatic heterocycles. The van der Waals surface area contributed by atoms with Crippen molar-refractivity contribution < 1.29 is 24.2 Å². The number of hydrogen-bond donors (Lipinski definition) is 3. The molecule has 0 unspecified atom stereocenters. The third-order valence-corrected chi connectivity index (χ3v) is 3.50. The number of benzene rings is 1. The molecule has 25 heavy (non-hydrogen) atoms.